The van der Waals surface area contributed by atoms with Crippen LogP contribution in [0.5, 0.6) is 5.75 Å². The Bertz CT molecular complexity index is 1110. The molecular formula is C24H26BrN3O3. The zero-order valence-corrected chi connectivity index (χ0v) is 19.5. The fraction of sp³-hybridized carbons (Fsp3) is 0.292. The fourth-order valence-electron chi connectivity index (χ4n) is 3.44. The van der Waals surface area contributed by atoms with Crippen LogP contribution >= 0.6 is 15.9 Å². The van der Waals surface area contributed by atoms with Crippen LogP contribution in [0.3, 0.4) is 0 Å². The highest BCUT2D eigenvalue weighted by Gasteiger charge is 2.23. The Labute approximate surface area is 190 Å². The summed E-state index contributed by atoms with van der Waals surface area (Å²) in [6, 6.07) is 16.0. The van der Waals surface area contributed by atoms with E-state index in [0.29, 0.717) is 29.8 Å². The lowest BCUT2D eigenvalue weighted by Crippen LogP contribution is -2.37. The molecule has 0 saturated carbocycles. The molecule has 1 unspecified atom stereocenters. The van der Waals surface area contributed by atoms with Gasteiger partial charge in [0.1, 0.15) is 11.8 Å². The van der Waals surface area contributed by atoms with E-state index in [9.17, 15) is 9.59 Å². The molecule has 162 valence electrons. The Morgan fingerprint density at radius 3 is 2.61 bits per heavy atom. The number of hydrogen-bond acceptors (Lipinski definition) is 4. The maximum Gasteiger partial charge on any atom is 0.271 e. The minimum atomic E-state index is -0.690. The second kappa shape index (κ2) is 10.4. The third-order valence-corrected chi connectivity index (χ3v) is 5.46. The van der Waals surface area contributed by atoms with Crippen molar-refractivity contribution in [3.05, 3.63) is 86.2 Å². The van der Waals surface area contributed by atoms with Gasteiger partial charge >= 0.3 is 0 Å². The first-order valence-corrected chi connectivity index (χ1v) is 11.0. The van der Waals surface area contributed by atoms with Crippen molar-refractivity contribution in [3.8, 4) is 5.75 Å². The Morgan fingerprint density at radius 1 is 1.19 bits per heavy atom. The first-order chi connectivity index (χ1) is 14.9. The molecule has 0 radical (unpaired) electrons. The van der Waals surface area contributed by atoms with E-state index in [4.69, 9.17) is 4.74 Å². The summed E-state index contributed by atoms with van der Waals surface area (Å²) in [6.45, 7) is 3.82. The summed E-state index contributed by atoms with van der Waals surface area (Å²) in [5.41, 5.74) is 2.66. The number of carbonyl (C=O) groups excluding carboxylic acids is 1. The number of methoxy groups -OCH3 is 1. The molecule has 0 fully saturated rings. The van der Waals surface area contributed by atoms with Gasteiger partial charge in [-0.05, 0) is 61.4 Å². The van der Waals surface area contributed by atoms with Gasteiger partial charge in [-0.25, -0.2) is 4.68 Å². The maximum absolute atomic E-state index is 13.3. The number of carbonyl (C=O) groups is 1. The third-order valence-electron chi connectivity index (χ3n) is 4.93. The molecule has 0 aliphatic carbocycles. The molecule has 0 spiro atoms. The molecular weight excluding hydrogens is 458 g/mol. The Hall–Kier alpha value is -2.93. The van der Waals surface area contributed by atoms with Crippen molar-refractivity contribution in [1.82, 2.24) is 9.78 Å². The van der Waals surface area contributed by atoms with Gasteiger partial charge in [0.05, 0.1) is 12.8 Å². The highest BCUT2D eigenvalue weighted by atomic mass is 79.9. The molecule has 6 nitrogen and oxygen atoms in total. The summed E-state index contributed by atoms with van der Waals surface area (Å²) in [5.74, 6) is 0.484. The van der Waals surface area contributed by atoms with E-state index < -0.39 is 6.04 Å². The normalized spacial score (nSPS) is 11.7. The number of hydrogen-bond donors (Lipinski definition) is 1. The first kappa shape index (κ1) is 22.7. The second-order valence-electron chi connectivity index (χ2n) is 7.39. The molecule has 1 atom stereocenters. The number of aryl methyl sites for hydroxylation is 1. The van der Waals surface area contributed by atoms with Crippen LogP contribution in [0.2, 0.25) is 0 Å². The number of amides is 1. The summed E-state index contributed by atoms with van der Waals surface area (Å²) < 4.78 is 7.55. The number of nitrogens with zero attached hydrogens (tertiary/aromatic N) is 2. The van der Waals surface area contributed by atoms with Gasteiger partial charge in [-0.2, -0.15) is 5.10 Å². The topological polar surface area (TPSA) is 73.2 Å². The standard InChI is InChI=1S/C24H26BrN3O3/c1-4-6-22(23(29)26-20-11-9-19(25)10-12-20)28-24(30)18(13-16(2)27-28)14-17-7-5-8-21(15-17)31-3/h5,7-13,15,22H,4,6,14H2,1-3H3,(H,26,29). The number of benzene rings is 2. The van der Waals surface area contributed by atoms with E-state index in [0.717, 1.165) is 22.2 Å². The van der Waals surface area contributed by atoms with Crippen LogP contribution in [-0.2, 0) is 11.2 Å². The van der Waals surface area contributed by atoms with Crippen molar-refractivity contribution in [2.75, 3.05) is 12.4 Å². The van der Waals surface area contributed by atoms with Crippen LogP contribution in [0.15, 0.2) is 63.9 Å². The summed E-state index contributed by atoms with van der Waals surface area (Å²) >= 11 is 3.39. The van der Waals surface area contributed by atoms with Gasteiger partial charge in [-0.3, -0.25) is 9.59 Å². The van der Waals surface area contributed by atoms with Crippen molar-refractivity contribution in [2.45, 2.75) is 39.2 Å². The molecule has 3 rings (SSSR count). The summed E-state index contributed by atoms with van der Waals surface area (Å²) in [4.78, 5) is 26.3. The second-order valence-corrected chi connectivity index (χ2v) is 8.31. The van der Waals surface area contributed by atoms with Crippen molar-refractivity contribution >= 4 is 27.5 Å². The van der Waals surface area contributed by atoms with Crippen LogP contribution in [-0.4, -0.2) is 22.8 Å². The van der Waals surface area contributed by atoms with E-state index in [1.165, 1.54) is 4.68 Å². The number of aromatic nitrogens is 2. The van der Waals surface area contributed by atoms with Crippen LogP contribution in [0.25, 0.3) is 0 Å². The summed E-state index contributed by atoms with van der Waals surface area (Å²) in [7, 11) is 1.61. The summed E-state index contributed by atoms with van der Waals surface area (Å²) in [5, 5.41) is 7.32. The van der Waals surface area contributed by atoms with Gasteiger partial charge < -0.3 is 10.1 Å². The fourth-order valence-corrected chi connectivity index (χ4v) is 3.71. The Balaban J connectivity index is 1.93. The van der Waals surface area contributed by atoms with E-state index in [2.05, 4.69) is 26.3 Å². The largest absolute Gasteiger partial charge is 0.497 e. The quantitative estimate of drug-likeness (QED) is 0.494. The number of rotatable bonds is 8. The van der Waals surface area contributed by atoms with Gasteiger partial charge in [0.2, 0.25) is 5.91 Å². The van der Waals surface area contributed by atoms with Crippen LogP contribution < -0.4 is 15.6 Å². The summed E-state index contributed by atoms with van der Waals surface area (Å²) in [6.07, 6.45) is 1.69. The van der Waals surface area contributed by atoms with Crippen LogP contribution in [0.1, 0.15) is 42.6 Å². The van der Waals surface area contributed by atoms with E-state index >= 15 is 0 Å². The minimum Gasteiger partial charge on any atom is -0.497 e. The van der Waals surface area contributed by atoms with Crippen molar-refractivity contribution in [1.29, 1.82) is 0 Å². The maximum atomic E-state index is 13.3. The van der Waals surface area contributed by atoms with Crippen molar-refractivity contribution in [2.24, 2.45) is 0 Å². The molecule has 0 aliphatic heterocycles. The molecule has 2 aromatic carbocycles. The Kier molecular flexibility index (Phi) is 7.63. The number of halogens is 1. The molecule has 3 aromatic rings. The monoisotopic (exact) mass is 483 g/mol. The Morgan fingerprint density at radius 2 is 1.94 bits per heavy atom. The molecule has 0 saturated heterocycles. The SMILES string of the molecule is CCCC(C(=O)Nc1ccc(Br)cc1)n1nc(C)cc(Cc2cccc(OC)c2)c1=O. The molecule has 1 amide bonds. The van der Waals surface area contributed by atoms with Gasteiger partial charge in [0.25, 0.3) is 5.56 Å². The molecule has 0 bridgehead atoms. The molecule has 31 heavy (non-hydrogen) atoms. The van der Waals surface area contributed by atoms with Gasteiger partial charge in [-0.15, -0.1) is 0 Å². The average Bonchev–Trinajstić information content (AvgIpc) is 2.76. The lowest BCUT2D eigenvalue weighted by molar-refractivity contribution is -0.119. The number of nitrogens with one attached hydrogen (secondary N) is 1. The van der Waals surface area contributed by atoms with Gasteiger partial charge in [-0.1, -0.05) is 41.4 Å². The molecule has 7 heteroatoms. The highest BCUT2D eigenvalue weighted by Crippen LogP contribution is 2.19. The zero-order valence-electron chi connectivity index (χ0n) is 17.9. The third kappa shape index (κ3) is 5.82. The smallest absolute Gasteiger partial charge is 0.271 e. The van der Waals surface area contributed by atoms with Gasteiger partial charge in [0, 0.05) is 22.1 Å². The van der Waals surface area contributed by atoms with Crippen LogP contribution in [0, 0.1) is 6.92 Å². The predicted octanol–water partition coefficient (Wildman–Crippen LogP) is 4.89. The van der Waals surface area contributed by atoms with Crippen molar-refractivity contribution < 1.29 is 9.53 Å². The predicted molar refractivity (Wildman–Crippen MR) is 126 cm³/mol. The lowest BCUT2D eigenvalue weighted by Gasteiger charge is -2.19. The molecule has 1 heterocycles. The first-order valence-electron chi connectivity index (χ1n) is 10.2. The molecule has 1 aromatic heterocycles. The zero-order chi connectivity index (χ0) is 22.4. The van der Waals surface area contributed by atoms with E-state index in [-0.39, 0.29) is 11.5 Å². The molecule has 1 N–H and O–H groups in total. The van der Waals surface area contributed by atoms with Crippen molar-refractivity contribution in [3.63, 3.8) is 0 Å². The van der Waals surface area contributed by atoms with Crippen LogP contribution in [0.4, 0.5) is 5.69 Å². The van der Waals surface area contributed by atoms with E-state index in [1.807, 2.05) is 62.4 Å². The number of ether oxygens (including phenoxy) is 1. The molecule has 0 aliphatic rings. The van der Waals surface area contributed by atoms with E-state index in [1.54, 1.807) is 13.2 Å². The average molecular weight is 484 g/mol. The van der Waals surface area contributed by atoms with Gasteiger partial charge in [0.15, 0.2) is 0 Å². The number of anilines is 1. The highest BCUT2D eigenvalue weighted by molar-refractivity contribution is 9.10. The lowest BCUT2D eigenvalue weighted by atomic mass is 10.1. The minimum absolute atomic E-state index is 0.252.